The van der Waals surface area contributed by atoms with Crippen molar-refractivity contribution in [1.82, 2.24) is 9.88 Å². The van der Waals surface area contributed by atoms with Crippen LogP contribution >= 0.6 is 0 Å². The first-order chi connectivity index (χ1) is 18.1. The molecule has 3 aromatic rings. The Morgan fingerprint density at radius 1 is 1.13 bits per heavy atom. The zero-order chi connectivity index (χ0) is 27.6. The summed E-state index contributed by atoms with van der Waals surface area (Å²) in [6, 6.07) is 2.92. The number of nitrogens with one attached hydrogen (secondary N) is 1. The van der Waals surface area contributed by atoms with Crippen LogP contribution in [0.15, 0.2) is 30.3 Å². The van der Waals surface area contributed by atoms with Gasteiger partial charge in [-0.2, -0.15) is 0 Å². The summed E-state index contributed by atoms with van der Waals surface area (Å²) in [6.45, 7) is 1.09. The Bertz CT molecular complexity index is 1390. The first-order valence-electron chi connectivity index (χ1n) is 11.4. The van der Waals surface area contributed by atoms with Gasteiger partial charge in [-0.15, -0.1) is 0 Å². The standard InChI is InChI=1S/C25H22F5N3O5/c1-3-37-21(34)11-38-24-14-8-18(28)17(27)7-13(14)22-19(32-24)9-36-10-20(22)33(2)25(35)31-12-4-5-16(26)15(6-12)23(29)30/h4-8,20,23H,3,9-11H2,1-2H3,(H,31,35)/t20-/m1/s1. The van der Waals surface area contributed by atoms with Gasteiger partial charge < -0.3 is 24.4 Å². The van der Waals surface area contributed by atoms with E-state index in [2.05, 4.69) is 10.3 Å². The molecule has 1 N–H and O–H groups in total. The minimum Gasteiger partial charge on any atom is -0.465 e. The van der Waals surface area contributed by atoms with Crippen LogP contribution in [0.4, 0.5) is 32.4 Å². The number of carbonyl (C=O) groups excluding carboxylic acids is 2. The van der Waals surface area contributed by atoms with Crippen molar-refractivity contribution in [2.45, 2.75) is 26.0 Å². The number of amides is 2. The third-order valence-electron chi connectivity index (χ3n) is 5.88. The van der Waals surface area contributed by atoms with E-state index in [0.717, 1.165) is 30.3 Å². The fourth-order valence-corrected chi connectivity index (χ4v) is 4.06. The number of benzene rings is 2. The monoisotopic (exact) mass is 539 g/mol. The number of hydrogen-bond donors (Lipinski definition) is 1. The first-order valence-corrected chi connectivity index (χ1v) is 11.4. The molecule has 2 heterocycles. The molecule has 202 valence electrons. The Morgan fingerprint density at radius 3 is 2.53 bits per heavy atom. The number of aromatic nitrogens is 1. The van der Waals surface area contributed by atoms with Gasteiger partial charge in [0.1, 0.15) is 5.82 Å². The zero-order valence-corrected chi connectivity index (χ0v) is 20.2. The molecule has 0 bridgehead atoms. The van der Waals surface area contributed by atoms with E-state index in [-0.39, 0.29) is 47.9 Å². The lowest BCUT2D eigenvalue weighted by Crippen LogP contribution is -2.39. The molecule has 13 heteroatoms. The molecule has 2 aromatic carbocycles. The molecular formula is C25H22F5N3O5. The van der Waals surface area contributed by atoms with Crippen molar-refractivity contribution in [3.63, 3.8) is 0 Å². The number of nitrogens with zero attached hydrogens (tertiary/aromatic N) is 2. The highest BCUT2D eigenvalue weighted by Gasteiger charge is 2.32. The van der Waals surface area contributed by atoms with Gasteiger partial charge in [0.05, 0.1) is 37.1 Å². The van der Waals surface area contributed by atoms with Crippen LogP contribution in [-0.2, 0) is 20.9 Å². The summed E-state index contributed by atoms with van der Waals surface area (Å²) in [5.41, 5.74) is -0.354. The van der Waals surface area contributed by atoms with E-state index >= 15 is 0 Å². The molecule has 38 heavy (non-hydrogen) atoms. The van der Waals surface area contributed by atoms with E-state index in [9.17, 15) is 31.5 Å². The predicted molar refractivity (Wildman–Crippen MR) is 124 cm³/mol. The minimum absolute atomic E-state index is 0.0489. The molecule has 0 aliphatic carbocycles. The van der Waals surface area contributed by atoms with Gasteiger partial charge in [-0.1, -0.05) is 0 Å². The quantitative estimate of drug-likeness (QED) is 0.325. The summed E-state index contributed by atoms with van der Waals surface area (Å²) in [6.07, 6.45) is -3.09. The number of likely N-dealkylation sites (N-methyl/N-ethyl adjacent to an activating group) is 1. The fraction of sp³-hybridized carbons (Fsp3) is 0.320. The van der Waals surface area contributed by atoms with Gasteiger partial charge in [0.15, 0.2) is 18.2 Å². The number of rotatable bonds is 7. The van der Waals surface area contributed by atoms with E-state index in [0.29, 0.717) is 5.56 Å². The largest absolute Gasteiger partial charge is 0.465 e. The Morgan fingerprint density at radius 2 is 1.84 bits per heavy atom. The number of ether oxygens (including phenoxy) is 3. The van der Waals surface area contributed by atoms with Gasteiger partial charge >= 0.3 is 12.0 Å². The molecule has 0 spiro atoms. The van der Waals surface area contributed by atoms with Crippen molar-refractivity contribution in [3.8, 4) is 5.88 Å². The van der Waals surface area contributed by atoms with E-state index in [4.69, 9.17) is 14.2 Å². The molecule has 8 nitrogen and oxygen atoms in total. The second-order valence-electron chi connectivity index (χ2n) is 8.29. The molecule has 1 aliphatic heterocycles. The highest BCUT2D eigenvalue weighted by atomic mass is 19.3. The molecule has 1 atom stereocenters. The lowest BCUT2D eigenvalue weighted by Gasteiger charge is -2.34. The number of pyridine rings is 1. The molecular weight excluding hydrogens is 517 g/mol. The van der Waals surface area contributed by atoms with Gasteiger partial charge in [-0.3, -0.25) is 0 Å². The van der Waals surface area contributed by atoms with Crippen molar-refractivity contribution in [3.05, 3.63) is 64.6 Å². The third kappa shape index (κ3) is 5.47. The topological polar surface area (TPSA) is 90.0 Å². The van der Waals surface area contributed by atoms with Crippen LogP contribution in [0.1, 0.15) is 36.2 Å². The Labute approximate surface area is 213 Å². The molecule has 1 aromatic heterocycles. The summed E-state index contributed by atoms with van der Waals surface area (Å²) in [5.74, 6) is -4.31. The Balaban J connectivity index is 1.69. The van der Waals surface area contributed by atoms with E-state index in [1.54, 1.807) is 6.92 Å². The number of halogens is 5. The smallest absolute Gasteiger partial charge is 0.344 e. The Kier molecular flexibility index (Phi) is 7.95. The minimum atomic E-state index is -3.09. The van der Waals surface area contributed by atoms with E-state index in [1.807, 2.05) is 0 Å². The second-order valence-corrected chi connectivity index (χ2v) is 8.29. The number of hydrogen-bond acceptors (Lipinski definition) is 6. The first kappa shape index (κ1) is 27.0. The highest BCUT2D eigenvalue weighted by Crippen LogP contribution is 2.39. The maximum atomic E-state index is 14.3. The lowest BCUT2D eigenvalue weighted by atomic mass is 9.95. The van der Waals surface area contributed by atoms with Crippen LogP contribution < -0.4 is 10.1 Å². The van der Waals surface area contributed by atoms with Gasteiger partial charge in [-0.05, 0) is 42.6 Å². The lowest BCUT2D eigenvalue weighted by molar-refractivity contribution is -0.145. The number of fused-ring (bicyclic) bond motifs is 3. The van der Waals surface area contributed by atoms with Crippen molar-refractivity contribution >= 4 is 28.5 Å². The molecule has 0 fully saturated rings. The van der Waals surface area contributed by atoms with Crippen LogP contribution in [0, 0.1) is 17.5 Å². The van der Waals surface area contributed by atoms with Crippen molar-refractivity contribution < 1.29 is 45.8 Å². The SMILES string of the molecule is CCOC(=O)COc1nc2c(c3cc(F)c(F)cc13)[C@H](N(C)C(=O)Nc1ccc(F)c(C(F)F)c1)COC2. The van der Waals surface area contributed by atoms with Gasteiger partial charge in [0, 0.05) is 23.7 Å². The molecule has 4 rings (SSSR count). The normalized spacial score (nSPS) is 14.8. The number of esters is 1. The van der Waals surface area contributed by atoms with E-state index in [1.165, 1.54) is 11.9 Å². The maximum absolute atomic E-state index is 14.3. The number of alkyl halides is 2. The number of anilines is 1. The van der Waals surface area contributed by atoms with Gasteiger partial charge in [0.25, 0.3) is 6.43 Å². The molecule has 2 amide bonds. The summed E-state index contributed by atoms with van der Waals surface area (Å²) in [4.78, 5) is 30.3. The van der Waals surface area contributed by atoms with Gasteiger partial charge in [-0.25, -0.2) is 36.5 Å². The van der Waals surface area contributed by atoms with Crippen LogP contribution in [0.2, 0.25) is 0 Å². The summed E-state index contributed by atoms with van der Waals surface area (Å²) in [5, 5.41) is 2.64. The van der Waals surface area contributed by atoms with Crippen LogP contribution in [0.3, 0.4) is 0 Å². The van der Waals surface area contributed by atoms with Crippen LogP contribution in [0.25, 0.3) is 10.8 Å². The number of carbonyl (C=O) groups is 2. The van der Waals surface area contributed by atoms with Gasteiger partial charge in [0.2, 0.25) is 5.88 Å². The molecule has 1 aliphatic rings. The Hall–Kier alpha value is -4.00. The van der Waals surface area contributed by atoms with E-state index < -0.39 is 54.1 Å². The number of urea groups is 1. The van der Waals surface area contributed by atoms with Crippen molar-refractivity contribution in [2.24, 2.45) is 0 Å². The summed E-state index contributed by atoms with van der Waals surface area (Å²) < 4.78 is 84.1. The summed E-state index contributed by atoms with van der Waals surface area (Å²) in [7, 11) is 1.38. The van der Waals surface area contributed by atoms with Crippen LogP contribution in [0.5, 0.6) is 5.88 Å². The van der Waals surface area contributed by atoms with Crippen LogP contribution in [-0.4, -0.2) is 48.8 Å². The molecule has 0 radical (unpaired) electrons. The molecule has 0 saturated heterocycles. The molecule has 0 unspecified atom stereocenters. The average Bonchev–Trinajstić information content (AvgIpc) is 2.88. The highest BCUT2D eigenvalue weighted by molar-refractivity contribution is 5.93. The van der Waals surface area contributed by atoms with Crippen molar-refractivity contribution in [1.29, 1.82) is 0 Å². The zero-order valence-electron chi connectivity index (χ0n) is 20.2. The third-order valence-corrected chi connectivity index (χ3v) is 5.88. The summed E-state index contributed by atoms with van der Waals surface area (Å²) >= 11 is 0. The second kappa shape index (κ2) is 11.2. The predicted octanol–water partition coefficient (Wildman–Crippen LogP) is 5.27. The average molecular weight is 539 g/mol. The maximum Gasteiger partial charge on any atom is 0.344 e. The fourth-order valence-electron chi connectivity index (χ4n) is 4.06. The van der Waals surface area contributed by atoms with Crippen molar-refractivity contribution in [2.75, 3.05) is 32.2 Å². The molecule has 0 saturated carbocycles.